The van der Waals surface area contributed by atoms with Crippen LogP contribution in [-0.2, 0) is 27.2 Å². The number of nitrogens with zero attached hydrogens (tertiary/aromatic N) is 5. The van der Waals surface area contributed by atoms with Crippen molar-refractivity contribution in [2.75, 3.05) is 36.5 Å². The molecule has 0 saturated carbocycles. The maximum absolute atomic E-state index is 12.0. The lowest BCUT2D eigenvalue weighted by molar-refractivity contribution is 0.0387. The number of rotatable bonds is 11. The Morgan fingerprint density at radius 3 is 2.85 bits per heavy atom. The number of methoxy groups -OCH3 is 1. The smallest absolute Gasteiger partial charge is 0.369 e. The summed E-state index contributed by atoms with van der Waals surface area (Å²) in [5.41, 5.74) is 2.94. The number of carbonyl (C=O) groups excluding carboxylic acids is 1. The Kier molecular flexibility index (Phi) is 9.23. The average Bonchev–Trinajstić information content (AvgIpc) is 3.27. The average molecular weight is 497 g/mol. The molecule has 1 aromatic carbocycles. The Hall–Kier alpha value is -2.48. The second-order valence-electron chi connectivity index (χ2n) is 7.36. The minimum Gasteiger partial charge on any atom is -0.458 e. The van der Waals surface area contributed by atoms with E-state index in [4.69, 9.17) is 9.47 Å². The Balaban J connectivity index is 1.86. The third kappa shape index (κ3) is 6.53. The van der Waals surface area contributed by atoms with E-state index < -0.39 is 17.2 Å². The van der Waals surface area contributed by atoms with Crippen molar-refractivity contribution in [1.29, 1.82) is 0 Å². The molecular formula is C20H28N6O5S2. The van der Waals surface area contributed by atoms with Crippen LogP contribution in [0.2, 0.25) is 0 Å². The number of azo groups is 1. The van der Waals surface area contributed by atoms with E-state index in [1.807, 2.05) is 12.1 Å². The third-order valence-electron chi connectivity index (χ3n) is 5.18. The second kappa shape index (κ2) is 12.1. The van der Waals surface area contributed by atoms with Crippen molar-refractivity contribution in [2.24, 2.45) is 10.2 Å². The van der Waals surface area contributed by atoms with E-state index >= 15 is 0 Å². The molecule has 0 spiro atoms. The van der Waals surface area contributed by atoms with Gasteiger partial charge in [0.25, 0.3) is 16.4 Å². The zero-order chi connectivity index (χ0) is 23.8. The highest BCUT2D eigenvalue weighted by Gasteiger charge is 2.26. The van der Waals surface area contributed by atoms with Gasteiger partial charge < -0.3 is 14.4 Å². The molecule has 1 aliphatic heterocycles. The number of carbonyl (C=O) groups is 1. The van der Waals surface area contributed by atoms with Crippen molar-refractivity contribution in [3.05, 3.63) is 22.7 Å². The highest BCUT2D eigenvalue weighted by molar-refractivity contribution is 7.80. The van der Waals surface area contributed by atoms with Crippen molar-refractivity contribution in [2.45, 2.75) is 45.6 Å². The quantitative estimate of drug-likeness (QED) is 0.204. The first-order chi connectivity index (χ1) is 16.0. The molecule has 2 aromatic rings. The SMILES string of the molecule is CCCN1c2cc(NS(=O)O)c(N=Nc3nnc(C(=O)OCCOC)s3)cc2CCC1CC. The number of esters is 1. The molecule has 2 unspecified atom stereocenters. The Bertz CT molecular complexity index is 1010. The summed E-state index contributed by atoms with van der Waals surface area (Å²) in [7, 11) is 1.51. The molecule has 1 aromatic heterocycles. The van der Waals surface area contributed by atoms with Crippen molar-refractivity contribution in [3.8, 4) is 0 Å². The monoisotopic (exact) mass is 496 g/mol. The fraction of sp³-hybridized carbons (Fsp3) is 0.550. The first-order valence-corrected chi connectivity index (χ1v) is 12.6. The molecule has 0 fully saturated rings. The summed E-state index contributed by atoms with van der Waals surface area (Å²) in [6.07, 6.45) is 3.95. The van der Waals surface area contributed by atoms with Gasteiger partial charge in [-0.25, -0.2) is 9.00 Å². The zero-order valence-corrected chi connectivity index (χ0v) is 20.4. The normalized spacial score (nSPS) is 16.6. The lowest BCUT2D eigenvalue weighted by atomic mass is 9.93. The molecule has 2 heterocycles. The van der Waals surface area contributed by atoms with Gasteiger partial charge in [-0.15, -0.1) is 20.4 Å². The van der Waals surface area contributed by atoms with E-state index in [1.54, 1.807) is 0 Å². The fourth-order valence-electron chi connectivity index (χ4n) is 3.70. The van der Waals surface area contributed by atoms with Gasteiger partial charge in [-0.05, 0) is 43.4 Å². The number of hydrogen-bond acceptors (Lipinski definition) is 10. The van der Waals surface area contributed by atoms with Crippen LogP contribution in [0.5, 0.6) is 0 Å². The Morgan fingerprint density at radius 2 is 2.15 bits per heavy atom. The molecule has 0 saturated heterocycles. The van der Waals surface area contributed by atoms with Crippen LogP contribution >= 0.6 is 11.3 Å². The van der Waals surface area contributed by atoms with E-state index in [0.29, 0.717) is 17.4 Å². The zero-order valence-electron chi connectivity index (χ0n) is 18.8. The van der Waals surface area contributed by atoms with Gasteiger partial charge in [-0.3, -0.25) is 9.27 Å². The molecule has 2 atom stereocenters. The van der Waals surface area contributed by atoms with Crippen LogP contribution in [0.15, 0.2) is 22.4 Å². The number of aromatic nitrogens is 2. The fourth-order valence-corrected chi connectivity index (χ4v) is 4.62. The van der Waals surface area contributed by atoms with Crippen LogP contribution in [-0.4, -0.2) is 57.8 Å². The van der Waals surface area contributed by atoms with Crippen molar-refractivity contribution >= 4 is 50.8 Å². The van der Waals surface area contributed by atoms with Gasteiger partial charge in [0.2, 0.25) is 5.01 Å². The molecule has 3 rings (SSSR count). The molecule has 2 N–H and O–H groups in total. The molecule has 0 aliphatic carbocycles. The number of nitrogens with one attached hydrogen (secondary N) is 1. The van der Waals surface area contributed by atoms with Crippen molar-refractivity contribution in [3.63, 3.8) is 0 Å². The largest absolute Gasteiger partial charge is 0.458 e. The molecule has 33 heavy (non-hydrogen) atoms. The van der Waals surface area contributed by atoms with Crippen LogP contribution in [0.25, 0.3) is 0 Å². The maximum atomic E-state index is 12.0. The topological polar surface area (TPSA) is 139 Å². The van der Waals surface area contributed by atoms with Crippen LogP contribution in [0.1, 0.15) is 48.5 Å². The predicted octanol–water partition coefficient (Wildman–Crippen LogP) is 4.25. The van der Waals surface area contributed by atoms with Crippen LogP contribution in [0.3, 0.4) is 0 Å². The Labute approximate surface area is 199 Å². The molecule has 0 amide bonds. The van der Waals surface area contributed by atoms with Gasteiger partial charge in [0.05, 0.1) is 12.3 Å². The summed E-state index contributed by atoms with van der Waals surface area (Å²) < 4.78 is 33.3. The highest BCUT2D eigenvalue weighted by Crippen LogP contribution is 2.40. The number of aryl methyl sites for hydroxylation is 1. The minimum absolute atomic E-state index is 0.0566. The number of anilines is 2. The van der Waals surface area contributed by atoms with Gasteiger partial charge in [0.1, 0.15) is 12.3 Å². The first kappa shape index (κ1) is 25.1. The van der Waals surface area contributed by atoms with Crippen molar-refractivity contribution < 1.29 is 23.0 Å². The van der Waals surface area contributed by atoms with E-state index in [-0.39, 0.29) is 23.4 Å². The van der Waals surface area contributed by atoms with Gasteiger partial charge in [-0.2, -0.15) is 0 Å². The third-order valence-corrected chi connectivity index (χ3v) is 6.36. The van der Waals surface area contributed by atoms with Crippen LogP contribution < -0.4 is 9.62 Å². The molecule has 0 bridgehead atoms. The maximum Gasteiger partial charge on any atom is 0.369 e. The Morgan fingerprint density at radius 1 is 1.33 bits per heavy atom. The first-order valence-electron chi connectivity index (χ1n) is 10.7. The van der Waals surface area contributed by atoms with Crippen LogP contribution in [0, 0.1) is 0 Å². The number of fused-ring (bicyclic) bond motifs is 1. The predicted molar refractivity (Wildman–Crippen MR) is 127 cm³/mol. The van der Waals surface area contributed by atoms with E-state index in [0.717, 1.165) is 54.8 Å². The van der Waals surface area contributed by atoms with Gasteiger partial charge in [-0.1, -0.05) is 25.2 Å². The summed E-state index contributed by atoms with van der Waals surface area (Å²) in [5, 5.41) is 16.2. The molecule has 11 nitrogen and oxygen atoms in total. The van der Waals surface area contributed by atoms with Gasteiger partial charge in [0.15, 0.2) is 0 Å². The standard InChI is InChI=1S/C20H28N6O5S2/c1-4-8-26-14(5-2)7-6-13-11-15(16(12-17(13)26)25-33(28)29)21-23-20-24-22-18(32-20)19(27)31-10-9-30-3/h11-12,14,25H,4-10H2,1-3H3,(H,28,29). The molecule has 0 radical (unpaired) electrons. The van der Waals surface area contributed by atoms with Gasteiger partial charge in [0, 0.05) is 25.4 Å². The summed E-state index contributed by atoms with van der Waals surface area (Å²) in [6, 6.07) is 4.16. The summed E-state index contributed by atoms with van der Waals surface area (Å²) in [4.78, 5) is 14.3. The summed E-state index contributed by atoms with van der Waals surface area (Å²) in [6.45, 7) is 5.61. The highest BCUT2D eigenvalue weighted by atomic mass is 32.2. The summed E-state index contributed by atoms with van der Waals surface area (Å²) in [5.74, 6) is -0.612. The van der Waals surface area contributed by atoms with E-state index in [9.17, 15) is 13.6 Å². The van der Waals surface area contributed by atoms with E-state index in [1.165, 1.54) is 7.11 Å². The molecular weight excluding hydrogens is 468 g/mol. The summed E-state index contributed by atoms with van der Waals surface area (Å²) >= 11 is -1.33. The number of hydrogen-bond donors (Lipinski definition) is 2. The second-order valence-corrected chi connectivity index (χ2v) is 9.02. The van der Waals surface area contributed by atoms with E-state index in [2.05, 4.69) is 43.9 Å². The number of benzene rings is 1. The van der Waals surface area contributed by atoms with Gasteiger partial charge >= 0.3 is 5.97 Å². The molecule has 1 aliphatic rings. The molecule has 13 heteroatoms. The van der Waals surface area contributed by atoms with Crippen molar-refractivity contribution in [1.82, 2.24) is 10.2 Å². The minimum atomic E-state index is -2.27. The molecule has 180 valence electrons. The lowest BCUT2D eigenvalue weighted by Crippen LogP contribution is -2.39. The van der Waals surface area contributed by atoms with Crippen LogP contribution in [0.4, 0.5) is 22.2 Å². The lowest BCUT2D eigenvalue weighted by Gasteiger charge is -2.39. The number of ether oxygens (including phenoxy) is 2.